The number of hydrogen-bond acceptors (Lipinski definition) is 3. The molecule has 82 valence electrons. The van der Waals surface area contributed by atoms with Gasteiger partial charge in [-0.3, -0.25) is 9.59 Å². The molecule has 0 aliphatic rings. The van der Waals surface area contributed by atoms with Crippen molar-refractivity contribution in [2.24, 2.45) is 0 Å². The molecule has 0 saturated carbocycles. The number of carbonyl (C=O) groups is 1. The van der Waals surface area contributed by atoms with Gasteiger partial charge in [0.2, 0.25) is 0 Å². The summed E-state index contributed by atoms with van der Waals surface area (Å²) < 4.78 is 0. The molecule has 3 N–H and O–H groups in total. The van der Waals surface area contributed by atoms with Crippen LogP contribution in [0.2, 0.25) is 5.02 Å². The van der Waals surface area contributed by atoms with Gasteiger partial charge in [0.15, 0.2) is 5.78 Å². The Kier molecular flexibility index (Phi) is 2.44. The van der Waals surface area contributed by atoms with Crippen molar-refractivity contribution < 1.29 is 4.79 Å². The van der Waals surface area contributed by atoms with Gasteiger partial charge in [0, 0.05) is 10.4 Å². The number of nitrogens with two attached hydrogens (primary N) is 1. The minimum atomic E-state index is -0.472. The molecule has 0 bridgehead atoms. The molecule has 0 spiro atoms. The second-order valence-electron chi connectivity index (χ2n) is 3.49. The lowest BCUT2D eigenvalue weighted by Crippen LogP contribution is -2.18. The second-order valence-corrected chi connectivity index (χ2v) is 3.93. The Labute approximate surface area is 96.0 Å². The Bertz CT molecular complexity index is 646. The van der Waals surface area contributed by atoms with E-state index >= 15 is 0 Å². The summed E-state index contributed by atoms with van der Waals surface area (Å²) in [6.07, 6.45) is 0. The maximum absolute atomic E-state index is 11.6. The van der Waals surface area contributed by atoms with Gasteiger partial charge in [-0.05, 0) is 25.1 Å². The Morgan fingerprint density at radius 1 is 1.44 bits per heavy atom. The molecule has 0 amide bonds. The number of ketones is 1. The number of rotatable bonds is 1. The third-order valence-electron chi connectivity index (χ3n) is 2.37. The van der Waals surface area contributed by atoms with Gasteiger partial charge in [-0.25, -0.2) is 0 Å². The van der Waals surface area contributed by atoms with E-state index in [0.717, 1.165) is 0 Å². The standard InChI is InChI=1S/C11H9ClN2O2/c1-5(15)9-10(13)7-4-6(12)2-3-8(7)14-11(9)16/h2-4H,1H3,(H3,13,14,16). The van der Waals surface area contributed by atoms with Crippen molar-refractivity contribution in [1.82, 2.24) is 4.98 Å². The molecular formula is C11H9ClN2O2. The number of H-pyrrole nitrogens is 1. The fraction of sp³-hybridized carbons (Fsp3) is 0.0909. The molecule has 2 aromatic rings. The lowest BCUT2D eigenvalue weighted by molar-refractivity contribution is 0.101. The van der Waals surface area contributed by atoms with E-state index in [-0.39, 0.29) is 17.0 Å². The van der Waals surface area contributed by atoms with Crippen molar-refractivity contribution in [2.75, 3.05) is 5.73 Å². The van der Waals surface area contributed by atoms with Crippen LogP contribution in [-0.4, -0.2) is 10.8 Å². The van der Waals surface area contributed by atoms with Gasteiger partial charge in [-0.2, -0.15) is 0 Å². The summed E-state index contributed by atoms with van der Waals surface area (Å²) in [5, 5.41) is 1.08. The molecule has 0 unspecified atom stereocenters. The van der Waals surface area contributed by atoms with Crippen LogP contribution < -0.4 is 11.3 Å². The number of halogens is 1. The number of pyridine rings is 1. The summed E-state index contributed by atoms with van der Waals surface area (Å²) in [4.78, 5) is 25.5. The first-order valence-electron chi connectivity index (χ1n) is 4.62. The molecule has 0 atom stereocenters. The van der Waals surface area contributed by atoms with Crippen molar-refractivity contribution in [1.29, 1.82) is 0 Å². The third kappa shape index (κ3) is 1.57. The summed E-state index contributed by atoms with van der Waals surface area (Å²) in [6, 6.07) is 4.92. The number of nitrogen functional groups attached to an aromatic ring is 1. The molecule has 1 heterocycles. The zero-order chi connectivity index (χ0) is 11.9. The first-order chi connectivity index (χ1) is 7.50. The van der Waals surface area contributed by atoms with E-state index in [2.05, 4.69) is 4.98 Å². The molecule has 16 heavy (non-hydrogen) atoms. The summed E-state index contributed by atoms with van der Waals surface area (Å²) in [6.45, 7) is 1.30. The van der Waals surface area contributed by atoms with Gasteiger partial charge >= 0.3 is 0 Å². The van der Waals surface area contributed by atoms with E-state index in [4.69, 9.17) is 17.3 Å². The number of anilines is 1. The molecule has 5 heteroatoms. The minimum Gasteiger partial charge on any atom is -0.397 e. The molecule has 1 aromatic carbocycles. The van der Waals surface area contributed by atoms with Crippen molar-refractivity contribution in [2.45, 2.75) is 6.92 Å². The highest BCUT2D eigenvalue weighted by Gasteiger charge is 2.13. The SMILES string of the molecule is CC(=O)c1c(N)c2cc(Cl)ccc2[nH]c1=O. The third-order valence-corrected chi connectivity index (χ3v) is 2.60. The number of benzene rings is 1. The molecule has 0 saturated heterocycles. The zero-order valence-electron chi connectivity index (χ0n) is 8.50. The average molecular weight is 237 g/mol. The Morgan fingerprint density at radius 2 is 2.12 bits per heavy atom. The topological polar surface area (TPSA) is 76.0 Å². The number of Topliss-reactive ketones (excluding diaryl/α,β-unsaturated/α-hetero) is 1. The largest absolute Gasteiger partial charge is 0.397 e. The number of aromatic nitrogens is 1. The van der Waals surface area contributed by atoms with E-state index < -0.39 is 5.56 Å². The van der Waals surface area contributed by atoms with Crippen LogP contribution >= 0.6 is 11.6 Å². The Hall–Kier alpha value is -1.81. The van der Waals surface area contributed by atoms with E-state index in [0.29, 0.717) is 15.9 Å². The van der Waals surface area contributed by atoms with Gasteiger partial charge in [0.1, 0.15) is 5.56 Å². The second kappa shape index (κ2) is 3.64. The first kappa shape index (κ1) is 10.7. The maximum atomic E-state index is 11.6. The fourth-order valence-electron chi connectivity index (χ4n) is 1.64. The molecular weight excluding hydrogens is 228 g/mol. The summed E-state index contributed by atoms with van der Waals surface area (Å²) >= 11 is 5.83. The predicted octanol–water partition coefficient (Wildman–Crippen LogP) is 1.97. The monoisotopic (exact) mass is 236 g/mol. The van der Waals surface area contributed by atoms with E-state index in [1.807, 2.05) is 0 Å². The Morgan fingerprint density at radius 3 is 2.75 bits per heavy atom. The van der Waals surface area contributed by atoms with Crippen LogP contribution in [0.3, 0.4) is 0 Å². The lowest BCUT2D eigenvalue weighted by Gasteiger charge is -2.06. The number of nitrogens with one attached hydrogen (secondary N) is 1. The smallest absolute Gasteiger partial charge is 0.261 e. The van der Waals surface area contributed by atoms with Gasteiger partial charge < -0.3 is 10.7 Å². The van der Waals surface area contributed by atoms with Gasteiger partial charge in [0.25, 0.3) is 5.56 Å². The van der Waals surface area contributed by atoms with Crippen LogP contribution in [0.15, 0.2) is 23.0 Å². The number of carbonyl (C=O) groups excluding carboxylic acids is 1. The fourth-order valence-corrected chi connectivity index (χ4v) is 1.81. The quantitative estimate of drug-likeness (QED) is 0.744. The predicted molar refractivity (Wildman–Crippen MR) is 64.0 cm³/mol. The van der Waals surface area contributed by atoms with Gasteiger partial charge in [-0.15, -0.1) is 0 Å². The molecule has 0 fully saturated rings. The lowest BCUT2D eigenvalue weighted by atomic mass is 10.1. The summed E-state index contributed by atoms with van der Waals surface area (Å²) in [7, 11) is 0. The van der Waals surface area contributed by atoms with Crippen LogP contribution in [0, 0.1) is 0 Å². The van der Waals surface area contributed by atoms with Gasteiger partial charge in [-0.1, -0.05) is 11.6 Å². The maximum Gasteiger partial charge on any atom is 0.261 e. The van der Waals surface area contributed by atoms with E-state index in [1.54, 1.807) is 18.2 Å². The highest BCUT2D eigenvalue weighted by Crippen LogP contribution is 2.24. The van der Waals surface area contributed by atoms with E-state index in [9.17, 15) is 9.59 Å². The molecule has 4 nitrogen and oxygen atoms in total. The average Bonchev–Trinajstić information content (AvgIpc) is 2.19. The first-order valence-corrected chi connectivity index (χ1v) is 5.00. The van der Waals surface area contributed by atoms with Crippen molar-refractivity contribution in [3.8, 4) is 0 Å². The molecule has 0 radical (unpaired) electrons. The van der Waals surface area contributed by atoms with Crippen molar-refractivity contribution in [3.05, 3.63) is 39.1 Å². The zero-order valence-corrected chi connectivity index (χ0v) is 9.26. The molecule has 2 rings (SSSR count). The molecule has 0 aliphatic heterocycles. The minimum absolute atomic E-state index is 0.0187. The summed E-state index contributed by atoms with van der Waals surface area (Å²) in [5.74, 6) is -0.361. The van der Waals surface area contributed by atoms with Crippen LogP contribution in [-0.2, 0) is 0 Å². The normalized spacial score (nSPS) is 10.6. The summed E-state index contributed by atoms with van der Waals surface area (Å²) in [5.41, 5.74) is 6.04. The van der Waals surface area contributed by atoms with Crippen LogP contribution in [0.5, 0.6) is 0 Å². The van der Waals surface area contributed by atoms with Gasteiger partial charge in [0.05, 0.1) is 11.2 Å². The molecule has 1 aromatic heterocycles. The van der Waals surface area contributed by atoms with Crippen molar-refractivity contribution in [3.63, 3.8) is 0 Å². The number of fused-ring (bicyclic) bond motifs is 1. The van der Waals surface area contributed by atoms with E-state index in [1.165, 1.54) is 6.92 Å². The highest BCUT2D eigenvalue weighted by atomic mass is 35.5. The highest BCUT2D eigenvalue weighted by molar-refractivity contribution is 6.31. The van der Waals surface area contributed by atoms with Crippen LogP contribution in [0.4, 0.5) is 5.69 Å². The molecule has 0 aliphatic carbocycles. The Balaban J connectivity index is 2.96. The number of hydrogen-bond donors (Lipinski definition) is 2. The van der Waals surface area contributed by atoms with Crippen molar-refractivity contribution >= 4 is 34.0 Å². The van der Waals surface area contributed by atoms with Crippen LogP contribution in [0.25, 0.3) is 10.9 Å². The van der Waals surface area contributed by atoms with Crippen LogP contribution in [0.1, 0.15) is 17.3 Å². The number of aromatic amines is 1.